The predicted molar refractivity (Wildman–Crippen MR) is 98.0 cm³/mol. The van der Waals surface area contributed by atoms with Gasteiger partial charge in [0.2, 0.25) is 5.91 Å². The molecule has 116 valence electrons. The lowest BCUT2D eigenvalue weighted by Crippen LogP contribution is -2.14. The van der Waals surface area contributed by atoms with Gasteiger partial charge in [0.25, 0.3) is 0 Å². The molecule has 0 heterocycles. The van der Waals surface area contributed by atoms with E-state index in [1.54, 1.807) is 11.8 Å². The van der Waals surface area contributed by atoms with Crippen molar-refractivity contribution in [1.82, 2.24) is 0 Å². The van der Waals surface area contributed by atoms with Crippen molar-refractivity contribution in [3.8, 4) is 0 Å². The zero-order valence-corrected chi connectivity index (χ0v) is 14.8. The van der Waals surface area contributed by atoms with Gasteiger partial charge in [-0.15, -0.1) is 23.5 Å². The number of anilines is 1. The van der Waals surface area contributed by atoms with E-state index in [0.717, 1.165) is 11.3 Å². The molecule has 0 atom stereocenters. The molecular formula is C18H21NOS2. The number of carbonyl (C=O) groups excluding carboxylic acids is 1. The average Bonchev–Trinajstić information content (AvgIpc) is 2.49. The number of amides is 1. The summed E-state index contributed by atoms with van der Waals surface area (Å²) in [5.41, 5.74) is 1.88. The molecule has 0 unspecified atom stereocenters. The van der Waals surface area contributed by atoms with Crippen molar-refractivity contribution in [2.45, 2.75) is 35.3 Å². The summed E-state index contributed by atoms with van der Waals surface area (Å²) >= 11 is 3.52. The van der Waals surface area contributed by atoms with Crippen LogP contribution in [-0.4, -0.2) is 17.4 Å². The first-order chi connectivity index (χ1) is 10.6. The van der Waals surface area contributed by atoms with E-state index >= 15 is 0 Å². The lowest BCUT2D eigenvalue weighted by molar-refractivity contribution is -0.115. The van der Waals surface area contributed by atoms with Gasteiger partial charge in [0, 0.05) is 20.7 Å². The normalized spacial score (nSPS) is 10.7. The van der Waals surface area contributed by atoms with Crippen molar-refractivity contribution in [3.05, 3.63) is 54.1 Å². The maximum absolute atomic E-state index is 12.1. The lowest BCUT2D eigenvalue weighted by Gasteiger charge is -2.08. The standard InChI is InChI=1S/C18H21NOS2/c1-13(2)22-17-8-4-14(5-9-17)12-18(20)19-15-6-10-16(21-3)11-7-15/h4-11,13H,12H2,1-3H3,(H,19,20). The second kappa shape index (κ2) is 8.30. The first-order valence-electron chi connectivity index (χ1n) is 7.26. The minimum Gasteiger partial charge on any atom is -0.326 e. The Morgan fingerprint density at radius 2 is 1.59 bits per heavy atom. The Balaban J connectivity index is 1.90. The van der Waals surface area contributed by atoms with E-state index in [1.165, 1.54) is 9.79 Å². The van der Waals surface area contributed by atoms with Gasteiger partial charge in [0.05, 0.1) is 6.42 Å². The van der Waals surface area contributed by atoms with E-state index in [0.29, 0.717) is 11.7 Å². The Labute approximate surface area is 141 Å². The summed E-state index contributed by atoms with van der Waals surface area (Å²) in [6, 6.07) is 16.1. The summed E-state index contributed by atoms with van der Waals surface area (Å²) < 4.78 is 0. The van der Waals surface area contributed by atoms with Crippen LogP contribution in [0.2, 0.25) is 0 Å². The largest absolute Gasteiger partial charge is 0.326 e. The van der Waals surface area contributed by atoms with E-state index in [9.17, 15) is 4.79 Å². The molecule has 0 aromatic heterocycles. The molecule has 2 rings (SSSR count). The van der Waals surface area contributed by atoms with Gasteiger partial charge in [0.1, 0.15) is 0 Å². The molecular weight excluding hydrogens is 310 g/mol. The van der Waals surface area contributed by atoms with E-state index in [-0.39, 0.29) is 5.91 Å². The van der Waals surface area contributed by atoms with Crippen molar-refractivity contribution in [3.63, 3.8) is 0 Å². The van der Waals surface area contributed by atoms with Gasteiger partial charge >= 0.3 is 0 Å². The van der Waals surface area contributed by atoms with Crippen LogP contribution in [0.1, 0.15) is 19.4 Å². The number of benzene rings is 2. The monoisotopic (exact) mass is 331 g/mol. The highest BCUT2D eigenvalue weighted by Gasteiger charge is 2.05. The van der Waals surface area contributed by atoms with Crippen LogP contribution in [0.25, 0.3) is 0 Å². The van der Waals surface area contributed by atoms with Gasteiger partial charge in [-0.1, -0.05) is 26.0 Å². The smallest absolute Gasteiger partial charge is 0.228 e. The molecule has 1 N–H and O–H groups in total. The summed E-state index contributed by atoms with van der Waals surface area (Å²) in [5.74, 6) is 0.0150. The molecule has 4 heteroatoms. The Morgan fingerprint density at radius 1 is 1.00 bits per heavy atom. The van der Waals surface area contributed by atoms with Crippen LogP contribution in [0.4, 0.5) is 5.69 Å². The molecule has 1 amide bonds. The minimum atomic E-state index is 0.0150. The zero-order valence-electron chi connectivity index (χ0n) is 13.1. The van der Waals surface area contributed by atoms with Gasteiger partial charge in [-0.05, 0) is 48.2 Å². The van der Waals surface area contributed by atoms with Gasteiger partial charge in [-0.25, -0.2) is 0 Å². The molecule has 0 aliphatic heterocycles. The van der Waals surface area contributed by atoms with Crippen LogP contribution in [0, 0.1) is 0 Å². The van der Waals surface area contributed by atoms with E-state index in [2.05, 4.69) is 31.3 Å². The number of nitrogens with one attached hydrogen (secondary N) is 1. The number of hydrogen-bond acceptors (Lipinski definition) is 3. The van der Waals surface area contributed by atoms with Crippen molar-refractivity contribution in [2.75, 3.05) is 11.6 Å². The fourth-order valence-corrected chi connectivity index (χ4v) is 3.27. The fourth-order valence-electron chi connectivity index (χ4n) is 2.02. The van der Waals surface area contributed by atoms with Crippen molar-refractivity contribution in [2.24, 2.45) is 0 Å². The second-order valence-corrected chi connectivity index (χ2v) is 7.79. The van der Waals surface area contributed by atoms with E-state index < -0.39 is 0 Å². The maximum atomic E-state index is 12.1. The predicted octanol–water partition coefficient (Wildman–Crippen LogP) is 5.09. The lowest BCUT2D eigenvalue weighted by atomic mass is 10.1. The van der Waals surface area contributed by atoms with Crippen molar-refractivity contribution < 1.29 is 4.79 Å². The van der Waals surface area contributed by atoms with E-state index in [1.807, 2.05) is 54.4 Å². The van der Waals surface area contributed by atoms with Gasteiger partial charge in [-0.3, -0.25) is 4.79 Å². The van der Waals surface area contributed by atoms with Crippen LogP contribution < -0.4 is 5.32 Å². The Kier molecular flexibility index (Phi) is 6.40. The van der Waals surface area contributed by atoms with Gasteiger partial charge < -0.3 is 5.32 Å². The van der Waals surface area contributed by atoms with Crippen LogP contribution in [0.5, 0.6) is 0 Å². The Bertz CT molecular complexity index is 606. The fraction of sp³-hybridized carbons (Fsp3) is 0.278. The minimum absolute atomic E-state index is 0.0150. The summed E-state index contributed by atoms with van der Waals surface area (Å²) in [6.07, 6.45) is 2.44. The van der Waals surface area contributed by atoms with E-state index in [4.69, 9.17) is 0 Å². The van der Waals surface area contributed by atoms with Crippen molar-refractivity contribution in [1.29, 1.82) is 0 Å². The Hall–Kier alpha value is -1.39. The number of carbonyl (C=O) groups is 1. The summed E-state index contributed by atoms with van der Waals surface area (Å²) in [5, 5.41) is 3.50. The van der Waals surface area contributed by atoms with Crippen LogP contribution in [-0.2, 0) is 11.2 Å². The highest BCUT2D eigenvalue weighted by Crippen LogP contribution is 2.23. The first kappa shape index (κ1) is 17.0. The third kappa shape index (κ3) is 5.43. The molecule has 0 saturated heterocycles. The molecule has 0 saturated carbocycles. The zero-order chi connectivity index (χ0) is 15.9. The molecule has 0 fully saturated rings. The highest BCUT2D eigenvalue weighted by atomic mass is 32.2. The molecule has 22 heavy (non-hydrogen) atoms. The quantitative estimate of drug-likeness (QED) is 0.748. The first-order valence-corrected chi connectivity index (χ1v) is 9.37. The summed E-state index contributed by atoms with van der Waals surface area (Å²) in [6.45, 7) is 4.35. The molecule has 0 spiro atoms. The maximum Gasteiger partial charge on any atom is 0.228 e. The molecule has 0 aliphatic carbocycles. The number of rotatable bonds is 6. The van der Waals surface area contributed by atoms with Crippen molar-refractivity contribution >= 4 is 35.1 Å². The molecule has 2 aromatic carbocycles. The second-order valence-electron chi connectivity index (χ2n) is 5.26. The molecule has 2 aromatic rings. The third-order valence-electron chi connectivity index (χ3n) is 3.03. The topological polar surface area (TPSA) is 29.1 Å². The molecule has 0 radical (unpaired) electrons. The SMILES string of the molecule is CSc1ccc(NC(=O)Cc2ccc(SC(C)C)cc2)cc1. The third-order valence-corrected chi connectivity index (χ3v) is 4.79. The van der Waals surface area contributed by atoms with Crippen LogP contribution in [0.3, 0.4) is 0 Å². The molecule has 2 nitrogen and oxygen atoms in total. The number of hydrogen-bond donors (Lipinski definition) is 1. The van der Waals surface area contributed by atoms with Crippen LogP contribution >= 0.6 is 23.5 Å². The summed E-state index contributed by atoms with van der Waals surface area (Å²) in [7, 11) is 0. The number of thioether (sulfide) groups is 2. The average molecular weight is 332 g/mol. The van der Waals surface area contributed by atoms with Gasteiger partial charge in [-0.2, -0.15) is 0 Å². The summed E-state index contributed by atoms with van der Waals surface area (Å²) in [4.78, 5) is 14.5. The molecule has 0 bridgehead atoms. The highest BCUT2D eigenvalue weighted by molar-refractivity contribution is 7.99. The Morgan fingerprint density at radius 3 is 2.14 bits per heavy atom. The van der Waals surface area contributed by atoms with Gasteiger partial charge in [0.15, 0.2) is 0 Å². The molecule has 0 aliphatic rings. The van der Waals surface area contributed by atoms with Crippen LogP contribution in [0.15, 0.2) is 58.3 Å².